The van der Waals surface area contributed by atoms with E-state index in [1.54, 1.807) is 13.8 Å². The van der Waals surface area contributed by atoms with Gasteiger partial charge in [-0.1, -0.05) is 76.6 Å². The van der Waals surface area contributed by atoms with Gasteiger partial charge in [0.05, 0.1) is 25.0 Å². The summed E-state index contributed by atoms with van der Waals surface area (Å²) in [6, 6.07) is 8.45. The largest absolute Gasteiger partial charge is 0.481 e. The van der Waals surface area contributed by atoms with Crippen LogP contribution in [-0.4, -0.2) is 134 Å². The molecule has 3 aromatic rings. The van der Waals surface area contributed by atoms with Crippen molar-refractivity contribution in [2.24, 2.45) is 16.2 Å². The molecule has 26 nitrogen and oxygen atoms in total. The maximum Gasteiger partial charge on any atom is 0.481 e. The van der Waals surface area contributed by atoms with E-state index in [4.69, 9.17) is 19.5 Å². The Morgan fingerprint density at radius 1 is 0.849 bits per heavy atom. The standard InChI is InChI=1S/C43H68N7O19P3S/c1-41(2,39(55)56)18-9-7-11-27-13-15-28(16-14-27)12-8-10-19-42(3,4)40(57)73-22-21-45-30(51)17-20-46-37(54)34(53)43(5,6)24-66-72(63,64)69-71(61,62)65-23-29-33(68-70(58,59)60)32(52)38(67-29)50-26-49-31-35(44)47-25-48-36(31)50/h13-16,25-26,29,32-34,38,52-53H,7-12,17-24H2,1-6H3,(H,45,51)(H,46,54)(H,55,56)(H,61,62)(H,63,64)(H2,44,47,48)(H2,58,59,60)/t29?,32-,33-,34+,38-/m1/s1. The van der Waals surface area contributed by atoms with E-state index in [1.165, 1.54) is 25.0 Å². The number of fused-ring (bicyclic) bond motifs is 1. The molecule has 1 aliphatic heterocycles. The summed E-state index contributed by atoms with van der Waals surface area (Å²) in [4.78, 5) is 101. The first kappa shape index (κ1) is 61.8. The van der Waals surface area contributed by atoms with E-state index in [0.717, 1.165) is 67.5 Å². The predicted molar refractivity (Wildman–Crippen MR) is 264 cm³/mol. The molecule has 0 saturated carbocycles. The van der Waals surface area contributed by atoms with Crippen LogP contribution in [-0.2, 0) is 68.3 Å². The third-order valence-corrected chi connectivity index (χ3v) is 16.2. The number of aryl methyl sites for hydroxylation is 2. The van der Waals surface area contributed by atoms with Gasteiger partial charge in [0, 0.05) is 36.1 Å². The third kappa shape index (κ3) is 19.4. The molecule has 1 fully saturated rings. The summed E-state index contributed by atoms with van der Waals surface area (Å²) in [5.41, 5.74) is 5.37. The van der Waals surface area contributed by atoms with E-state index in [0.29, 0.717) is 18.6 Å². The summed E-state index contributed by atoms with van der Waals surface area (Å²) in [6.45, 7) is 7.70. The molecule has 2 aromatic heterocycles. The number of carbonyl (C=O) groups is 4. The van der Waals surface area contributed by atoms with Crippen molar-refractivity contribution in [3.63, 3.8) is 0 Å². The smallest absolute Gasteiger partial charge is 0.481 e. The van der Waals surface area contributed by atoms with Gasteiger partial charge in [0.2, 0.25) is 11.8 Å². The molecular formula is C43H68N7O19P3S. The van der Waals surface area contributed by atoms with Crippen LogP contribution in [0.15, 0.2) is 36.9 Å². The summed E-state index contributed by atoms with van der Waals surface area (Å²) in [6.07, 6.45) is -0.391. The number of carbonyl (C=O) groups excluding carboxylic acids is 3. The number of phosphoric acid groups is 3. The molecule has 30 heteroatoms. The number of unbranched alkanes of at least 4 members (excludes halogenated alkanes) is 2. The molecule has 73 heavy (non-hydrogen) atoms. The SMILES string of the molecule is CC(C)(CCCCc1ccc(CCCCC(C)(C)C(=O)SCCNC(=O)CCNC(=O)[C@H](O)C(C)(C)COP(=O)(O)OP(=O)(O)OCC2O[C@@H](n3cnc4c(N)ncnc43)[C@H](O)[C@@H]2OP(=O)(O)O)cc1)C(=O)O. The van der Waals surface area contributed by atoms with Crippen LogP contribution >= 0.6 is 35.2 Å². The van der Waals surface area contributed by atoms with E-state index in [-0.39, 0.29) is 41.6 Å². The first-order valence-corrected chi connectivity index (χ1v) is 28.7. The topological polar surface area (TPSA) is 401 Å². The number of anilines is 1. The Kier molecular flexibility index (Phi) is 22.3. The number of ether oxygens (including phenoxy) is 1. The molecule has 1 aromatic carbocycles. The van der Waals surface area contributed by atoms with Crippen LogP contribution in [0, 0.1) is 16.2 Å². The van der Waals surface area contributed by atoms with Gasteiger partial charge in [0.1, 0.15) is 36.3 Å². The Labute approximate surface area is 426 Å². The van der Waals surface area contributed by atoms with E-state index >= 15 is 0 Å². The maximum atomic E-state index is 13.0. The summed E-state index contributed by atoms with van der Waals surface area (Å²) in [5, 5.41) is 36.0. The first-order chi connectivity index (χ1) is 33.8. The number of carboxylic acid groups (broad SMARTS) is 1. The lowest BCUT2D eigenvalue weighted by atomic mass is 9.87. The third-order valence-electron chi connectivity index (χ3n) is 11.9. The zero-order chi connectivity index (χ0) is 54.6. The number of aliphatic hydroxyl groups is 2. The minimum atomic E-state index is -5.60. The number of nitrogens with zero attached hydrogens (tertiary/aromatic N) is 4. The molecule has 0 bridgehead atoms. The Hall–Kier alpha value is -3.75. The Morgan fingerprint density at radius 3 is 2.03 bits per heavy atom. The van der Waals surface area contributed by atoms with Crippen LogP contribution in [0.2, 0.25) is 0 Å². The number of nitrogens with two attached hydrogens (primary N) is 1. The lowest BCUT2D eigenvalue weighted by Gasteiger charge is -2.30. The molecule has 1 saturated heterocycles. The lowest BCUT2D eigenvalue weighted by Crippen LogP contribution is -2.46. The van der Waals surface area contributed by atoms with Crippen molar-refractivity contribution in [2.75, 3.05) is 37.8 Å². The summed E-state index contributed by atoms with van der Waals surface area (Å²) in [7, 11) is -16.5. The molecule has 0 aliphatic carbocycles. The predicted octanol–water partition coefficient (Wildman–Crippen LogP) is 3.93. The number of benzene rings is 1. The number of hydrogen-bond donors (Lipinski definition) is 10. The summed E-state index contributed by atoms with van der Waals surface area (Å²) < 4.78 is 62.6. The molecule has 1 aliphatic rings. The zero-order valence-corrected chi connectivity index (χ0v) is 44.9. The van der Waals surface area contributed by atoms with E-state index in [2.05, 4.69) is 58.7 Å². The first-order valence-electron chi connectivity index (χ1n) is 23.2. The van der Waals surface area contributed by atoms with Gasteiger partial charge < -0.3 is 56.0 Å². The number of aromatic nitrogens is 4. The number of thioether (sulfide) groups is 1. The van der Waals surface area contributed by atoms with Gasteiger partial charge in [0.25, 0.3) is 0 Å². The maximum absolute atomic E-state index is 13.0. The van der Waals surface area contributed by atoms with Crippen LogP contribution in [0.25, 0.3) is 11.2 Å². The fraction of sp³-hybridized carbons (Fsp3) is 0.651. The van der Waals surface area contributed by atoms with Crippen molar-refractivity contribution >= 4 is 75.1 Å². The summed E-state index contributed by atoms with van der Waals surface area (Å²) in [5.74, 6) is -1.94. The van der Waals surface area contributed by atoms with Gasteiger partial charge >= 0.3 is 29.4 Å². The Balaban J connectivity index is 1.11. The van der Waals surface area contributed by atoms with Crippen LogP contribution in [0.3, 0.4) is 0 Å². The number of nitrogens with one attached hydrogen (secondary N) is 2. The normalized spacial score (nSPS) is 19.8. The minimum Gasteiger partial charge on any atom is -0.481 e. The highest BCUT2D eigenvalue weighted by molar-refractivity contribution is 8.13. The molecule has 410 valence electrons. The number of carboxylic acids is 1. The molecule has 11 N–H and O–H groups in total. The van der Waals surface area contributed by atoms with Crippen molar-refractivity contribution in [2.45, 2.75) is 130 Å². The second-order valence-corrected chi connectivity index (χ2v) is 24.8. The van der Waals surface area contributed by atoms with Crippen molar-refractivity contribution in [3.05, 3.63) is 48.0 Å². The van der Waals surface area contributed by atoms with Crippen molar-refractivity contribution in [1.29, 1.82) is 0 Å². The molecule has 0 spiro atoms. The second kappa shape index (κ2) is 26.3. The number of aliphatic carboxylic acids is 1. The van der Waals surface area contributed by atoms with Crippen LogP contribution in [0.5, 0.6) is 0 Å². The molecule has 4 rings (SSSR count). The monoisotopic (exact) mass is 1110 g/mol. The van der Waals surface area contributed by atoms with Gasteiger partial charge in [-0.05, 0) is 63.5 Å². The fourth-order valence-corrected chi connectivity index (χ4v) is 11.1. The zero-order valence-electron chi connectivity index (χ0n) is 41.4. The number of hydrogen-bond acceptors (Lipinski definition) is 19. The van der Waals surface area contributed by atoms with Gasteiger partial charge in [-0.3, -0.25) is 37.3 Å². The van der Waals surface area contributed by atoms with Crippen LogP contribution in [0.1, 0.15) is 104 Å². The highest BCUT2D eigenvalue weighted by atomic mass is 32.2. The number of amides is 2. The fourth-order valence-electron chi connectivity index (χ4n) is 7.34. The second-order valence-electron chi connectivity index (χ2n) is 19.5. The van der Waals surface area contributed by atoms with Gasteiger partial charge in [-0.2, -0.15) is 4.31 Å². The quantitative estimate of drug-likeness (QED) is 0.0322. The van der Waals surface area contributed by atoms with E-state index < -0.39 is 101 Å². The van der Waals surface area contributed by atoms with Crippen molar-refractivity contribution < 1.29 is 90.4 Å². The Morgan fingerprint density at radius 2 is 1.44 bits per heavy atom. The number of nitrogen functional groups attached to an aromatic ring is 1. The minimum absolute atomic E-state index is 0.00484. The number of phosphoric ester groups is 3. The molecule has 3 unspecified atom stereocenters. The molecule has 3 heterocycles. The van der Waals surface area contributed by atoms with Crippen LogP contribution < -0.4 is 16.4 Å². The average Bonchev–Trinajstić information content (AvgIpc) is 3.86. The molecule has 0 radical (unpaired) electrons. The number of aliphatic hydroxyl groups excluding tert-OH is 2. The molecule has 7 atom stereocenters. The van der Waals surface area contributed by atoms with Gasteiger partial charge in [-0.15, -0.1) is 0 Å². The van der Waals surface area contributed by atoms with E-state index in [9.17, 15) is 67.8 Å². The van der Waals surface area contributed by atoms with E-state index in [1.807, 2.05) is 13.8 Å². The lowest BCUT2D eigenvalue weighted by molar-refractivity contribution is -0.147. The number of rotatable bonds is 31. The highest BCUT2D eigenvalue weighted by Gasteiger charge is 2.50. The summed E-state index contributed by atoms with van der Waals surface area (Å²) >= 11 is 1.11. The van der Waals surface area contributed by atoms with Crippen molar-refractivity contribution in [3.8, 4) is 0 Å². The highest BCUT2D eigenvalue weighted by Crippen LogP contribution is 2.61. The van der Waals surface area contributed by atoms with Gasteiger partial charge in [0.15, 0.2) is 22.8 Å². The molecular weight excluding hydrogens is 1040 g/mol. The average molecular weight is 1110 g/mol. The number of imidazole rings is 1. The van der Waals surface area contributed by atoms with Gasteiger partial charge in [-0.25, -0.2) is 28.6 Å². The Bertz CT molecular complexity index is 2510. The molecule has 2 amide bonds. The van der Waals surface area contributed by atoms with Crippen molar-refractivity contribution in [1.82, 2.24) is 30.2 Å². The van der Waals surface area contributed by atoms with Crippen LogP contribution in [0.4, 0.5) is 5.82 Å².